The number of thiophene rings is 1. The van der Waals surface area contributed by atoms with Gasteiger partial charge in [0.25, 0.3) is 0 Å². The molecule has 13 heteroatoms. The Morgan fingerprint density at radius 3 is 2.55 bits per heavy atom. The second kappa shape index (κ2) is 9.45. The molecule has 1 aromatic carbocycles. The first-order chi connectivity index (χ1) is 15.4. The molecule has 3 rings (SSSR count). The number of carbonyl (C=O) groups is 1. The van der Waals surface area contributed by atoms with Crippen molar-refractivity contribution in [2.24, 2.45) is 0 Å². The molecule has 0 radical (unpaired) electrons. The average Bonchev–Trinajstić information content (AvgIpc) is 3.31. The van der Waals surface area contributed by atoms with E-state index in [1.165, 1.54) is 18.2 Å². The zero-order valence-corrected chi connectivity index (χ0v) is 19.7. The largest absolute Gasteiger partial charge is 0.466 e. The highest BCUT2D eigenvalue weighted by atomic mass is 35.5. The average molecular weight is 523 g/mol. The van der Waals surface area contributed by atoms with Gasteiger partial charge in [-0.15, -0.1) is 11.3 Å². The van der Waals surface area contributed by atoms with Crippen molar-refractivity contribution in [1.82, 2.24) is 9.55 Å². The van der Waals surface area contributed by atoms with Crippen molar-refractivity contribution in [2.45, 2.75) is 31.0 Å². The summed E-state index contributed by atoms with van der Waals surface area (Å²) in [5.74, 6) is -1.00. The molecular formula is C20H18ClF3N2O5S2. The maximum atomic E-state index is 13.4. The van der Waals surface area contributed by atoms with Gasteiger partial charge in [-0.05, 0) is 36.2 Å². The number of aliphatic hydroxyl groups is 1. The van der Waals surface area contributed by atoms with Crippen molar-refractivity contribution < 1.29 is 36.2 Å². The minimum Gasteiger partial charge on any atom is -0.466 e. The molecule has 0 atom stereocenters. The number of ether oxygens (including phenoxy) is 1. The van der Waals surface area contributed by atoms with E-state index < -0.39 is 45.9 Å². The van der Waals surface area contributed by atoms with E-state index in [0.717, 1.165) is 22.2 Å². The van der Waals surface area contributed by atoms with Gasteiger partial charge in [-0.1, -0.05) is 23.7 Å². The summed E-state index contributed by atoms with van der Waals surface area (Å²) in [4.78, 5) is 15.9. The van der Waals surface area contributed by atoms with Gasteiger partial charge in [0.15, 0.2) is 15.5 Å². The fourth-order valence-corrected chi connectivity index (χ4v) is 5.46. The first-order valence-corrected chi connectivity index (χ1v) is 12.5. The van der Waals surface area contributed by atoms with Crippen LogP contribution < -0.4 is 0 Å². The van der Waals surface area contributed by atoms with Crippen LogP contribution >= 0.6 is 22.9 Å². The van der Waals surface area contributed by atoms with Crippen LogP contribution in [0.4, 0.5) is 13.2 Å². The van der Waals surface area contributed by atoms with E-state index >= 15 is 0 Å². The second-order valence-electron chi connectivity index (χ2n) is 6.87. The molecule has 0 aliphatic carbocycles. The van der Waals surface area contributed by atoms with Crippen molar-refractivity contribution in [3.05, 3.63) is 52.6 Å². The molecule has 0 aliphatic rings. The van der Waals surface area contributed by atoms with Crippen molar-refractivity contribution in [2.75, 3.05) is 12.9 Å². The van der Waals surface area contributed by atoms with Gasteiger partial charge in [0.05, 0.1) is 18.1 Å². The van der Waals surface area contributed by atoms with Crippen LogP contribution in [0.1, 0.15) is 24.0 Å². The number of alkyl halides is 3. The van der Waals surface area contributed by atoms with Crippen molar-refractivity contribution in [3.8, 4) is 15.4 Å². The number of sulfone groups is 1. The molecule has 2 heterocycles. The number of imidazole rings is 1. The zero-order valence-electron chi connectivity index (χ0n) is 17.3. The molecule has 0 spiro atoms. The van der Waals surface area contributed by atoms with Crippen LogP contribution in [-0.4, -0.2) is 41.9 Å². The number of benzene rings is 1. The Labute approximate surface area is 196 Å². The van der Waals surface area contributed by atoms with Crippen molar-refractivity contribution >= 4 is 38.7 Å². The van der Waals surface area contributed by atoms with Crippen LogP contribution in [0.25, 0.3) is 15.4 Å². The number of nitrogens with zero attached hydrogens (tertiary/aromatic N) is 2. The number of hydrogen-bond donors (Lipinski definition) is 1. The van der Waals surface area contributed by atoms with Crippen LogP contribution in [0, 0.1) is 0 Å². The predicted octanol–water partition coefficient (Wildman–Crippen LogP) is 4.27. The lowest BCUT2D eigenvalue weighted by molar-refractivity contribution is -0.143. The summed E-state index contributed by atoms with van der Waals surface area (Å²) in [5.41, 5.74) is -0.629. The third-order valence-electron chi connectivity index (χ3n) is 4.50. The van der Waals surface area contributed by atoms with Gasteiger partial charge in [0.2, 0.25) is 0 Å². The van der Waals surface area contributed by atoms with Gasteiger partial charge < -0.3 is 9.84 Å². The number of rotatable bonds is 7. The Bertz CT molecular complexity index is 1300. The van der Waals surface area contributed by atoms with Crippen LogP contribution in [0.5, 0.6) is 0 Å². The minimum atomic E-state index is -4.84. The van der Waals surface area contributed by atoms with Crippen molar-refractivity contribution in [1.29, 1.82) is 0 Å². The first-order valence-electron chi connectivity index (χ1n) is 9.41. The second-order valence-corrected chi connectivity index (χ2v) is 10.3. The molecule has 0 saturated heterocycles. The quantitative estimate of drug-likeness (QED) is 0.465. The summed E-state index contributed by atoms with van der Waals surface area (Å²) < 4.78 is 70.2. The third-order valence-corrected chi connectivity index (χ3v) is 7.15. The number of aliphatic hydroxyl groups excluding tert-OH is 1. The van der Waals surface area contributed by atoms with Crippen molar-refractivity contribution in [3.63, 3.8) is 0 Å². The molecule has 0 bridgehead atoms. The summed E-state index contributed by atoms with van der Waals surface area (Å²) in [5, 5.41) is 8.95. The maximum absolute atomic E-state index is 13.4. The molecule has 33 heavy (non-hydrogen) atoms. The summed E-state index contributed by atoms with van der Waals surface area (Å²) in [6.45, 7) is 1.15. The highest BCUT2D eigenvalue weighted by molar-refractivity contribution is 7.90. The number of halogens is 4. The predicted molar refractivity (Wildman–Crippen MR) is 116 cm³/mol. The smallest absolute Gasteiger partial charge is 0.436 e. The summed E-state index contributed by atoms with van der Waals surface area (Å²) >= 11 is 7.04. The summed E-state index contributed by atoms with van der Waals surface area (Å²) in [6, 6.07) is 7.50. The normalized spacial score (nSPS) is 12.2. The van der Waals surface area contributed by atoms with Gasteiger partial charge in [-0.3, -0.25) is 9.36 Å². The molecule has 1 N–H and O–H groups in total. The van der Waals surface area contributed by atoms with Crippen LogP contribution in [0.2, 0.25) is 5.15 Å². The van der Waals surface area contributed by atoms with Gasteiger partial charge >= 0.3 is 12.1 Å². The lowest BCUT2D eigenvalue weighted by atomic mass is 10.1. The topological polar surface area (TPSA) is 98.5 Å². The summed E-state index contributed by atoms with van der Waals surface area (Å²) in [6.07, 6.45) is -4.35. The highest BCUT2D eigenvalue weighted by Crippen LogP contribution is 2.39. The Morgan fingerprint density at radius 2 is 1.97 bits per heavy atom. The zero-order chi connectivity index (χ0) is 24.6. The van der Waals surface area contributed by atoms with E-state index in [1.807, 2.05) is 0 Å². The molecular weight excluding hydrogens is 505 g/mol. The standard InChI is InChI=1S/C20H18ClF3N2O5S2/c1-3-31-17(28)9-15-25-18(20(22,23)24)19(21)26(15)16-7-6-13(32-16)11-4-5-12(10-27)14(8-11)33(2,29)30/h4-8,27H,3,9-10H2,1-2H3. The Kier molecular flexibility index (Phi) is 7.22. The van der Waals surface area contributed by atoms with Gasteiger partial charge in [-0.2, -0.15) is 13.2 Å². The SMILES string of the molecule is CCOC(=O)Cc1nc(C(F)(F)F)c(Cl)n1-c1ccc(-c2ccc(CO)c(S(C)(=O)=O)c2)s1. The van der Waals surface area contributed by atoms with E-state index in [-0.39, 0.29) is 27.9 Å². The van der Waals surface area contributed by atoms with Gasteiger partial charge in [-0.25, -0.2) is 13.4 Å². The fraction of sp³-hybridized carbons (Fsp3) is 0.300. The molecule has 7 nitrogen and oxygen atoms in total. The third kappa shape index (κ3) is 5.40. The molecule has 178 valence electrons. The monoisotopic (exact) mass is 522 g/mol. The molecule has 3 aromatic rings. The molecule has 0 amide bonds. The Balaban J connectivity index is 2.11. The minimum absolute atomic E-state index is 0.0507. The number of esters is 1. The fourth-order valence-electron chi connectivity index (χ4n) is 3.09. The number of hydrogen-bond acceptors (Lipinski definition) is 7. The number of carbonyl (C=O) groups excluding carboxylic acids is 1. The maximum Gasteiger partial charge on any atom is 0.436 e. The van der Waals surface area contributed by atoms with Gasteiger partial charge in [0.1, 0.15) is 22.4 Å². The number of aromatic nitrogens is 2. The van der Waals surface area contributed by atoms with Gasteiger partial charge in [0, 0.05) is 11.1 Å². The Morgan fingerprint density at radius 1 is 1.27 bits per heavy atom. The lowest BCUT2D eigenvalue weighted by Gasteiger charge is -2.08. The van der Waals surface area contributed by atoms with Crippen LogP contribution in [0.15, 0.2) is 35.2 Å². The van der Waals surface area contributed by atoms with E-state index in [9.17, 15) is 31.5 Å². The molecule has 0 saturated carbocycles. The van der Waals surface area contributed by atoms with E-state index in [1.54, 1.807) is 19.1 Å². The van der Waals surface area contributed by atoms with E-state index in [4.69, 9.17) is 16.3 Å². The van der Waals surface area contributed by atoms with E-state index in [0.29, 0.717) is 10.4 Å². The van der Waals surface area contributed by atoms with Crippen LogP contribution in [0.3, 0.4) is 0 Å². The molecule has 0 unspecified atom stereocenters. The highest BCUT2D eigenvalue weighted by Gasteiger charge is 2.39. The van der Waals surface area contributed by atoms with E-state index in [2.05, 4.69) is 4.98 Å². The first kappa shape index (κ1) is 25.2. The molecule has 0 aliphatic heterocycles. The summed E-state index contributed by atoms with van der Waals surface area (Å²) in [7, 11) is -3.63. The van der Waals surface area contributed by atoms with Crippen LogP contribution in [-0.2, 0) is 38.6 Å². The molecule has 2 aromatic heterocycles. The lowest BCUT2D eigenvalue weighted by Crippen LogP contribution is -2.12. The Hall–Kier alpha value is -2.41. The molecule has 0 fully saturated rings.